The van der Waals surface area contributed by atoms with Gasteiger partial charge in [-0.25, -0.2) is 4.68 Å². The molecule has 0 atom stereocenters. The van der Waals surface area contributed by atoms with Gasteiger partial charge in [-0.3, -0.25) is 9.78 Å². The second-order valence-corrected chi connectivity index (χ2v) is 8.01. The number of aromatic nitrogens is 3. The van der Waals surface area contributed by atoms with Gasteiger partial charge in [-0.2, -0.15) is 5.10 Å². The van der Waals surface area contributed by atoms with Gasteiger partial charge in [0.2, 0.25) is 0 Å². The molecule has 7 heteroatoms. The van der Waals surface area contributed by atoms with E-state index in [2.05, 4.69) is 10.3 Å². The lowest BCUT2D eigenvalue weighted by Crippen LogP contribution is -2.28. The molecule has 2 aromatic heterocycles. The summed E-state index contributed by atoms with van der Waals surface area (Å²) in [7, 11) is 3.21. The van der Waals surface area contributed by atoms with Crippen LogP contribution in [0.3, 0.4) is 0 Å². The van der Waals surface area contributed by atoms with E-state index in [-0.39, 0.29) is 5.91 Å². The molecule has 174 valence electrons. The van der Waals surface area contributed by atoms with Crippen LogP contribution in [-0.4, -0.2) is 41.4 Å². The highest BCUT2D eigenvalue weighted by molar-refractivity contribution is 5.94. The number of benzene rings is 2. The van der Waals surface area contributed by atoms with E-state index in [0.29, 0.717) is 35.9 Å². The molecular formula is C27H28N4O3. The Kier molecular flexibility index (Phi) is 6.92. The molecule has 0 spiro atoms. The maximum Gasteiger partial charge on any atom is 0.270 e. The highest BCUT2D eigenvalue weighted by atomic mass is 16.5. The van der Waals surface area contributed by atoms with Crippen molar-refractivity contribution >= 4 is 5.91 Å². The van der Waals surface area contributed by atoms with Gasteiger partial charge < -0.3 is 14.8 Å². The van der Waals surface area contributed by atoms with Crippen LogP contribution in [0.2, 0.25) is 0 Å². The maximum atomic E-state index is 13.3. The van der Waals surface area contributed by atoms with Crippen LogP contribution >= 0.6 is 0 Å². The van der Waals surface area contributed by atoms with Crippen LogP contribution in [-0.2, 0) is 6.42 Å². The predicted octanol–water partition coefficient (Wildman–Crippen LogP) is 4.54. The Labute approximate surface area is 199 Å². The number of hydrogen-bond acceptors (Lipinski definition) is 5. The van der Waals surface area contributed by atoms with E-state index in [1.807, 2.05) is 62.4 Å². The third kappa shape index (κ3) is 4.93. The molecule has 0 saturated carbocycles. The molecule has 0 fully saturated rings. The summed E-state index contributed by atoms with van der Waals surface area (Å²) in [5.41, 5.74) is 5.74. The predicted molar refractivity (Wildman–Crippen MR) is 132 cm³/mol. The Morgan fingerprint density at radius 2 is 1.85 bits per heavy atom. The van der Waals surface area contributed by atoms with Gasteiger partial charge in [0, 0.05) is 36.5 Å². The van der Waals surface area contributed by atoms with Crippen molar-refractivity contribution < 1.29 is 14.3 Å². The lowest BCUT2D eigenvalue weighted by molar-refractivity contribution is 0.0946. The first-order valence-corrected chi connectivity index (χ1v) is 11.1. The Balaban J connectivity index is 1.71. The molecule has 4 aromatic rings. The zero-order chi connectivity index (χ0) is 24.1. The van der Waals surface area contributed by atoms with Crippen molar-refractivity contribution in [2.45, 2.75) is 20.3 Å². The Morgan fingerprint density at radius 1 is 1.00 bits per heavy atom. The van der Waals surface area contributed by atoms with Crippen LogP contribution in [0.4, 0.5) is 0 Å². The molecule has 2 heterocycles. The van der Waals surface area contributed by atoms with Crippen molar-refractivity contribution in [1.82, 2.24) is 20.1 Å². The third-order valence-electron chi connectivity index (χ3n) is 5.61. The molecule has 1 N–H and O–H groups in total. The number of methoxy groups -OCH3 is 2. The molecule has 4 rings (SSSR count). The summed E-state index contributed by atoms with van der Waals surface area (Å²) in [6.45, 7) is 4.49. The lowest BCUT2D eigenvalue weighted by atomic mass is 10.1. The van der Waals surface area contributed by atoms with E-state index < -0.39 is 0 Å². The fourth-order valence-corrected chi connectivity index (χ4v) is 3.76. The van der Waals surface area contributed by atoms with Crippen LogP contribution in [0, 0.1) is 13.8 Å². The van der Waals surface area contributed by atoms with Gasteiger partial charge in [-0.15, -0.1) is 0 Å². The molecule has 7 nitrogen and oxygen atoms in total. The number of nitrogens with one attached hydrogen (secondary N) is 1. The average Bonchev–Trinajstić information content (AvgIpc) is 3.30. The molecule has 0 bridgehead atoms. The monoisotopic (exact) mass is 456 g/mol. The van der Waals surface area contributed by atoms with Gasteiger partial charge in [-0.05, 0) is 61.4 Å². The van der Waals surface area contributed by atoms with E-state index in [9.17, 15) is 4.79 Å². The summed E-state index contributed by atoms with van der Waals surface area (Å²) >= 11 is 0. The van der Waals surface area contributed by atoms with Gasteiger partial charge in [0.05, 0.1) is 25.6 Å². The number of hydrogen-bond donors (Lipinski definition) is 1. The van der Waals surface area contributed by atoms with E-state index in [1.54, 1.807) is 37.2 Å². The number of carbonyl (C=O) groups is 1. The van der Waals surface area contributed by atoms with Crippen LogP contribution in [0.15, 0.2) is 66.9 Å². The normalized spacial score (nSPS) is 10.7. The van der Waals surface area contributed by atoms with Gasteiger partial charge in [0.25, 0.3) is 5.91 Å². The minimum Gasteiger partial charge on any atom is -0.497 e. The highest BCUT2D eigenvalue weighted by Crippen LogP contribution is 2.34. The molecule has 0 aliphatic carbocycles. The molecular weight excluding hydrogens is 428 g/mol. The summed E-state index contributed by atoms with van der Waals surface area (Å²) in [6, 6.07) is 19.2. The lowest BCUT2D eigenvalue weighted by Gasteiger charge is -2.11. The van der Waals surface area contributed by atoms with Gasteiger partial charge in [0.15, 0.2) is 0 Å². The van der Waals surface area contributed by atoms with Crippen molar-refractivity contribution in [2.75, 3.05) is 20.8 Å². The standard InChI is InChI=1S/C27H28N4O3/c1-18-8-9-19(2)24(15-18)31-25(27(32)29-14-12-20-7-5-6-13-28-20)17-23(30-31)22-11-10-21(33-3)16-26(22)34-4/h5-11,13,15-17H,12,14H2,1-4H3,(H,29,32). The molecule has 2 aromatic carbocycles. The Morgan fingerprint density at radius 3 is 2.59 bits per heavy atom. The van der Waals surface area contributed by atoms with E-state index >= 15 is 0 Å². The molecule has 0 aliphatic rings. The molecule has 1 amide bonds. The number of amides is 1. The average molecular weight is 457 g/mol. The van der Waals surface area contributed by atoms with Crippen molar-refractivity contribution in [2.24, 2.45) is 0 Å². The Hall–Kier alpha value is -4.13. The van der Waals surface area contributed by atoms with Crippen molar-refractivity contribution in [1.29, 1.82) is 0 Å². The first kappa shape index (κ1) is 23.0. The van der Waals surface area contributed by atoms with Gasteiger partial charge >= 0.3 is 0 Å². The molecule has 0 unspecified atom stereocenters. The maximum absolute atomic E-state index is 13.3. The minimum atomic E-state index is -0.205. The topological polar surface area (TPSA) is 78.3 Å². The van der Waals surface area contributed by atoms with E-state index in [4.69, 9.17) is 14.6 Å². The number of nitrogens with zero attached hydrogens (tertiary/aromatic N) is 3. The zero-order valence-electron chi connectivity index (χ0n) is 19.8. The second kappa shape index (κ2) is 10.2. The first-order chi connectivity index (χ1) is 16.5. The summed E-state index contributed by atoms with van der Waals surface area (Å²) < 4.78 is 12.6. The highest BCUT2D eigenvalue weighted by Gasteiger charge is 2.20. The van der Waals surface area contributed by atoms with Crippen molar-refractivity contribution in [3.8, 4) is 28.4 Å². The fraction of sp³-hybridized carbons (Fsp3) is 0.222. The van der Waals surface area contributed by atoms with Crippen molar-refractivity contribution in [3.05, 3.63) is 89.4 Å². The zero-order valence-corrected chi connectivity index (χ0v) is 19.8. The number of pyridine rings is 1. The summed E-state index contributed by atoms with van der Waals surface area (Å²) in [5.74, 6) is 1.09. The van der Waals surface area contributed by atoms with Crippen LogP contribution in [0.1, 0.15) is 27.3 Å². The SMILES string of the molecule is COc1ccc(-c2cc(C(=O)NCCc3ccccn3)n(-c3cc(C)ccc3C)n2)c(OC)c1. The third-order valence-corrected chi connectivity index (χ3v) is 5.61. The summed E-state index contributed by atoms with van der Waals surface area (Å²) in [4.78, 5) is 17.6. The minimum absolute atomic E-state index is 0.205. The van der Waals surface area contributed by atoms with Crippen LogP contribution in [0.5, 0.6) is 11.5 Å². The second-order valence-electron chi connectivity index (χ2n) is 8.01. The number of rotatable bonds is 8. The largest absolute Gasteiger partial charge is 0.497 e. The number of ether oxygens (including phenoxy) is 2. The first-order valence-electron chi connectivity index (χ1n) is 11.1. The smallest absolute Gasteiger partial charge is 0.270 e. The number of carbonyl (C=O) groups excluding carboxylic acids is 1. The van der Waals surface area contributed by atoms with Gasteiger partial charge in [0.1, 0.15) is 17.2 Å². The van der Waals surface area contributed by atoms with Crippen LogP contribution < -0.4 is 14.8 Å². The van der Waals surface area contributed by atoms with Gasteiger partial charge in [-0.1, -0.05) is 18.2 Å². The van der Waals surface area contributed by atoms with Crippen molar-refractivity contribution in [3.63, 3.8) is 0 Å². The molecule has 34 heavy (non-hydrogen) atoms. The summed E-state index contributed by atoms with van der Waals surface area (Å²) in [5, 5.41) is 7.84. The van der Waals surface area contributed by atoms with Crippen LogP contribution in [0.25, 0.3) is 16.9 Å². The fourth-order valence-electron chi connectivity index (χ4n) is 3.76. The van der Waals surface area contributed by atoms with E-state index in [1.165, 1.54) is 0 Å². The molecule has 0 radical (unpaired) electrons. The quantitative estimate of drug-likeness (QED) is 0.421. The van der Waals surface area contributed by atoms with E-state index in [0.717, 1.165) is 28.1 Å². The summed E-state index contributed by atoms with van der Waals surface area (Å²) in [6.07, 6.45) is 2.39. The molecule has 0 saturated heterocycles. The molecule has 0 aliphatic heterocycles. The Bertz CT molecular complexity index is 1300. The number of aryl methyl sites for hydroxylation is 2.